The number of carbonyl (C=O) groups is 1. The fourth-order valence-electron chi connectivity index (χ4n) is 5.43. The smallest absolute Gasteiger partial charge is 0.269 e. The summed E-state index contributed by atoms with van der Waals surface area (Å²) >= 11 is 0. The third kappa shape index (κ3) is 3.86. The number of aromatic nitrogens is 2. The van der Waals surface area contributed by atoms with Crippen LogP contribution >= 0.6 is 0 Å². The first-order chi connectivity index (χ1) is 16.5. The summed E-state index contributed by atoms with van der Waals surface area (Å²) in [7, 11) is 0. The Morgan fingerprint density at radius 3 is 2.88 bits per heavy atom. The predicted octanol–water partition coefficient (Wildman–Crippen LogP) is 1.29. The summed E-state index contributed by atoms with van der Waals surface area (Å²) in [5, 5.41) is 6.74. The van der Waals surface area contributed by atoms with Crippen molar-refractivity contribution in [1.29, 1.82) is 0 Å². The van der Waals surface area contributed by atoms with E-state index in [-0.39, 0.29) is 23.2 Å². The number of likely N-dealkylation sites (tertiary alicyclic amines) is 1. The lowest BCUT2D eigenvalue weighted by atomic mass is 9.97. The lowest BCUT2D eigenvalue weighted by Crippen LogP contribution is -2.48. The Morgan fingerprint density at radius 1 is 1.18 bits per heavy atom. The molecule has 1 fully saturated rings. The number of hydrogen-bond acceptors (Lipinski definition) is 7. The monoisotopic (exact) mass is 463 g/mol. The molecule has 1 saturated heterocycles. The predicted molar refractivity (Wildman–Crippen MR) is 126 cm³/mol. The van der Waals surface area contributed by atoms with Gasteiger partial charge in [-0.2, -0.15) is 4.99 Å². The normalized spacial score (nSPS) is 22.8. The molecular formula is C24H26FN7O2. The number of rotatable bonds is 5. The summed E-state index contributed by atoms with van der Waals surface area (Å²) in [4.78, 5) is 39.0. The Kier molecular flexibility index (Phi) is 5.34. The first-order valence-corrected chi connectivity index (χ1v) is 11.8. The highest BCUT2D eigenvalue weighted by atomic mass is 19.1. The van der Waals surface area contributed by atoms with Gasteiger partial charge in [-0.25, -0.2) is 14.4 Å². The highest BCUT2D eigenvalue weighted by molar-refractivity contribution is 6.16. The number of amidine groups is 2. The first-order valence-electron chi connectivity index (χ1n) is 11.8. The number of carbonyl (C=O) groups excluding carboxylic acids is 1. The van der Waals surface area contributed by atoms with E-state index < -0.39 is 0 Å². The summed E-state index contributed by atoms with van der Waals surface area (Å²) in [6, 6.07) is 3.46. The highest BCUT2D eigenvalue weighted by Gasteiger charge is 2.31. The van der Waals surface area contributed by atoms with Crippen LogP contribution in [0.5, 0.6) is 0 Å². The zero-order valence-electron chi connectivity index (χ0n) is 18.8. The topological polar surface area (TPSA) is 104 Å². The number of piperidine rings is 1. The van der Waals surface area contributed by atoms with Gasteiger partial charge in [0, 0.05) is 48.8 Å². The van der Waals surface area contributed by atoms with Crippen molar-refractivity contribution in [3.63, 3.8) is 0 Å². The molecule has 4 aliphatic heterocycles. The van der Waals surface area contributed by atoms with Crippen LogP contribution in [0.25, 0.3) is 11.0 Å². The van der Waals surface area contributed by atoms with Crippen molar-refractivity contribution in [2.45, 2.75) is 44.2 Å². The maximum absolute atomic E-state index is 14.7. The molecule has 0 spiro atoms. The van der Waals surface area contributed by atoms with Crippen LogP contribution in [0.1, 0.15) is 37.2 Å². The molecule has 176 valence electrons. The van der Waals surface area contributed by atoms with Crippen molar-refractivity contribution in [1.82, 2.24) is 25.1 Å². The van der Waals surface area contributed by atoms with Gasteiger partial charge in [-0.15, -0.1) is 0 Å². The maximum Gasteiger partial charge on any atom is 0.269 e. The molecule has 1 atom stereocenters. The number of amides is 1. The summed E-state index contributed by atoms with van der Waals surface area (Å²) in [5.74, 6) is 1.00. The molecule has 2 aromatic rings. The van der Waals surface area contributed by atoms with Crippen molar-refractivity contribution < 1.29 is 9.18 Å². The van der Waals surface area contributed by atoms with E-state index in [4.69, 9.17) is 0 Å². The van der Waals surface area contributed by atoms with Crippen LogP contribution in [-0.2, 0) is 11.3 Å². The quantitative estimate of drug-likeness (QED) is 0.693. The summed E-state index contributed by atoms with van der Waals surface area (Å²) in [5.41, 5.74) is 2.76. The van der Waals surface area contributed by atoms with Crippen LogP contribution < -0.4 is 16.2 Å². The van der Waals surface area contributed by atoms with Gasteiger partial charge >= 0.3 is 0 Å². The molecular weight excluding hydrogens is 437 g/mol. The number of benzene rings is 1. The largest absolute Gasteiger partial charge is 0.327 e. The molecule has 4 aliphatic rings. The van der Waals surface area contributed by atoms with Crippen molar-refractivity contribution in [2.75, 3.05) is 26.2 Å². The van der Waals surface area contributed by atoms with Gasteiger partial charge < -0.3 is 20.1 Å². The molecule has 0 radical (unpaired) electrons. The molecule has 2 N–H and O–H groups in total. The lowest BCUT2D eigenvalue weighted by molar-refractivity contribution is -0.117. The van der Waals surface area contributed by atoms with Gasteiger partial charge in [0.1, 0.15) is 17.5 Å². The number of nitrogens with zero attached hydrogens (tertiary/aromatic N) is 5. The van der Waals surface area contributed by atoms with E-state index in [2.05, 4.69) is 30.5 Å². The van der Waals surface area contributed by atoms with E-state index in [0.29, 0.717) is 54.4 Å². The zero-order chi connectivity index (χ0) is 23.2. The van der Waals surface area contributed by atoms with Crippen LogP contribution in [-0.4, -0.2) is 64.3 Å². The van der Waals surface area contributed by atoms with Gasteiger partial charge in [0.25, 0.3) is 5.56 Å². The summed E-state index contributed by atoms with van der Waals surface area (Å²) in [6.45, 7) is 3.61. The van der Waals surface area contributed by atoms with Gasteiger partial charge in [-0.1, -0.05) is 0 Å². The van der Waals surface area contributed by atoms with Crippen molar-refractivity contribution in [2.24, 2.45) is 9.98 Å². The van der Waals surface area contributed by atoms with Crippen molar-refractivity contribution >= 4 is 28.6 Å². The first kappa shape index (κ1) is 21.3. The number of hydrogen-bond donors (Lipinski definition) is 2. The minimum absolute atomic E-state index is 0.0501. The van der Waals surface area contributed by atoms with Gasteiger partial charge in [-0.05, 0) is 44.5 Å². The molecule has 34 heavy (non-hydrogen) atoms. The molecule has 1 unspecified atom stereocenters. The number of nitrogens with one attached hydrogen (secondary N) is 2. The van der Waals surface area contributed by atoms with E-state index in [9.17, 15) is 14.0 Å². The molecule has 0 bridgehead atoms. The number of aliphatic imine (C=N–C) groups is 2. The number of halogens is 1. The average Bonchev–Trinajstić information content (AvgIpc) is 3.23. The van der Waals surface area contributed by atoms with Crippen LogP contribution in [0.15, 0.2) is 44.9 Å². The maximum atomic E-state index is 14.7. The molecule has 5 heterocycles. The molecule has 1 aromatic heterocycles. The molecule has 9 nitrogen and oxygen atoms in total. The molecule has 0 saturated carbocycles. The molecule has 10 heteroatoms. The van der Waals surface area contributed by atoms with E-state index >= 15 is 0 Å². The Balaban J connectivity index is 1.05. The van der Waals surface area contributed by atoms with Crippen LogP contribution in [0.4, 0.5) is 4.39 Å². The Hall–Kier alpha value is -3.24. The van der Waals surface area contributed by atoms with Gasteiger partial charge in [0.2, 0.25) is 5.91 Å². The third-order valence-electron chi connectivity index (χ3n) is 7.22. The van der Waals surface area contributed by atoms with Crippen LogP contribution in [0.2, 0.25) is 0 Å². The number of fused-ring (bicyclic) bond motifs is 1. The van der Waals surface area contributed by atoms with Gasteiger partial charge in [0.05, 0.1) is 23.8 Å². The molecule has 0 aliphatic carbocycles. The summed E-state index contributed by atoms with van der Waals surface area (Å²) in [6.07, 6.45) is 6.21. The fourth-order valence-corrected chi connectivity index (χ4v) is 5.43. The molecule has 1 amide bonds. The Bertz CT molecular complexity index is 1320. The average molecular weight is 464 g/mol. The third-order valence-corrected chi connectivity index (χ3v) is 7.22. The fraction of sp³-hybridized carbons (Fsp3) is 0.458. The standard InChI is InChI=1S/C24H26FN7O2/c25-17-2-3-18-23-22(17)15(13-32(23)21(34)11-27-18)12-31-7-5-16(6-8-31)26-10-19-28-9-14-1-4-20(33)30-24(14)29-19/h2-3,9,11,15-16,26H,1,4-8,10,12-13H2,(H,28,29,30,33). The SMILES string of the molecule is O=C1CCC2=CN=C(CNC3CCN(CC4Cn5c(=O)cnc6ccc(F)c4c65)CC3)NC2=N1. The second-order valence-electron chi connectivity index (χ2n) is 9.40. The minimum Gasteiger partial charge on any atom is -0.327 e. The second-order valence-corrected chi connectivity index (χ2v) is 9.40. The van der Waals surface area contributed by atoms with Gasteiger partial charge in [-0.3, -0.25) is 9.59 Å². The van der Waals surface area contributed by atoms with E-state index in [1.165, 1.54) is 12.3 Å². The van der Waals surface area contributed by atoms with Crippen molar-refractivity contribution in [3.8, 4) is 0 Å². The Labute approximate surface area is 195 Å². The highest BCUT2D eigenvalue weighted by Crippen LogP contribution is 2.34. The lowest BCUT2D eigenvalue weighted by Gasteiger charge is -2.34. The molecule has 1 aromatic carbocycles. The van der Waals surface area contributed by atoms with Crippen LogP contribution in [0.3, 0.4) is 0 Å². The van der Waals surface area contributed by atoms with E-state index in [0.717, 1.165) is 43.9 Å². The van der Waals surface area contributed by atoms with Gasteiger partial charge in [0.15, 0.2) is 0 Å². The minimum atomic E-state index is -0.255. The van der Waals surface area contributed by atoms with E-state index in [1.807, 2.05) is 6.20 Å². The second kappa shape index (κ2) is 8.52. The zero-order valence-corrected chi connectivity index (χ0v) is 18.8. The van der Waals surface area contributed by atoms with E-state index in [1.54, 1.807) is 10.6 Å². The molecule has 6 rings (SSSR count). The Morgan fingerprint density at radius 2 is 2.03 bits per heavy atom. The summed E-state index contributed by atoms with van der Waals surface area (Å²) < 4.78 is 16.4. The van der Waals surface area contributed by atoms with Crippen LogP contribution in [0, 0.1) is 5.82 Å². The van der Waals surface area contributed by atoms with Crippen molar-refractivity contribution in [3.05, 3.63) is 51.8 Å².